The van der Waals surface area contributed by atoms with Crippen molar-refractivity contribution in [1.82, 2.24) is 9.21 Å². The van der Waals surface area contributed by atoms with Crippen LogP contribution < -0.4 is 0 Å². The van der Waals surface area contributed by atoms with Crippen molar-refractivity contribution in [2.45, 2.75) is 56.4 Å². The van der Waals surface area contributed by atoms with Crippen LogP contribution in [0, 0.1) is 0 Å². The monoisotopic (exact) mass is 394 g/mol. The number of aryl methyl sites for hydroxylation is 1. The summed E-state index contributed by atoms with van der Waals surface area (Å²) in [6.07, 6.45) is 5.82. The topological polar surface area (TPSA) is 66.9 Å². The van der Waals surface area contributed by atoms with E-state index >= 15 is 0 Å². The fourth-order valence-corrected chi connectivity index (χ4v) is 5.10. The Morgan fingerprint density at radius 2 is 1.81 bits per heavy atom. The van der Waals surface area contributed by atoms with Gasteiger partial charge in [-0.1, -0.05) is 31.9 Å². The second-order valence-electron chi connectivity index (χ2n) is 7.33. The Kier molecular flexibility index (Phi) is 6.89. The first-order chi connectivity index (χ1) is 13.0. The molecule has 1 unspecified atom stereocenters. The highest BCUT2D eigenvalue weighted by Crippen LogP contribution is 2.21. The number of amides is 1. The first-order valence-corrected chi connectivity index (χ1v) is 11.5. The molecule has 27 heavy (non-hydrogen) atoms. The standard InChI is InChI=1S/C20H30N2O4S/c1-2-3-4-6-17-8-10-18(11-9-17)27(24,25)22-14-12-21(13-15-22)20(23)19-7-5-16-26-19/h8-11,19H,2-7,12-16H2,1H3. The van der Waals surface area contributed by atoms with E-state index in [9.17, 15) is 13.2 Å². The molecule has 3 rings (SSSR count). The van der Waals surface area contributed by atoms with Gasteiger partial charge in [0.25, 0.3) is 5.91 Å². The molecule has 2 fully saturated rings. The van der Waals surface area contributed by atoms with Crippen LogP contribution in [-0.4, -0.2) is 62.4 Å². The van der Waals surface area contributed by atoms with Crippen LogP contribution in [0.3, 0.4) is 0 Å². The Labute approximate surface area is 162 Å². The minimum absolute atomic E-state index is 0.000908. The molecule has 0 spiro atoms. The molecule has 2 heterocycles. The molecule has 0 bridgehead atoms. The van der Waals surface area contributed by atoms with Gasteiger partial charge in [-0.3, -0.25) is 4.79 Å². The maximum Gasteiger partial charge on any atom is 0.251 e. The highest BCUT2D eigenvalue weighted by Gasteiger charge is 2.33. The van der Waals surface area contributed by atoms with Gasteiger partial charge in [0.05, 0.1) is 4.90 Å². The van der Waals surface area contributed by atoms with Gasteiger partial charge >= 0.3 is 0 Å². The predicted octanol–water partition coefficient (Wildman–Crippen LogP) is 2.43. The summed E-state index contributed by atoms with van der Waals surface area (Å²) < 4.78 is 32.7. The Hall–Kier alpha value is -1.44. The molecular weight excluding hydrogens is 364 g/mol. The summed E-state index contributed by atoms with van der Waals surface area (Å²) in [5.41, 5.74) is 1.18. The number of hydrogen-bond acceptors (Lipinski definition) is 4. The van der Waals surface area contributed by atoms with Gasteiger partial charge in [-0.05, 0) is 43.4 Å². The normalized spacial score (nSPS) is 21.5. The quantitative estimate of drug-likeness (QED) is 0.666. The molecule has 1 amide bonds. The predicted molar refractivity (Wildman–Crippen MR) is 104 cm³/mol. The SMILES string of the molecule is CCCCCc1ccc(S(=O)(=O)N2CCN(C(=O)C3CCCO3)CC2)cc1. The van der Waals surface area contributed by atoms with E-state index in [1.165, 1.54) is 22.7 Å². The van der Waals surface area contributed by atoms with Crippen LogP contribution in [0.25, 0.3) is 0 Å². The van der Waals surface area contributed by atoms with E-state index in [4.69, 9.17) is 4.74 Å². The highest BCUT2D eigenvalue weighted by atomic mass is 32.2. The van der Waals surface area contributed by atoms with Crippen molar-refractivity contribution in [2.75, 3.05) is 32.8 Å². The molecule has 0 N–H and O–H groups in total. The van der Waals surface area contributed by atoms with Crippen LogP contribution in [-0.2, 0) is 26.0 Å². The largest absolute Gasteiger partial charge is 0.368 e. The summed E-state index contributed by atoms with van der Waals surface area (Å²) in [7, 11) is -3.51. The smallest absolute Gasteiger partial charge is 0.251 e. The Morgan fingerprint density at radius 3 is 2.41 bits per heavy atom. The fourth-order valence-electron chi connectivity index (χ4n) is 3.68. The highest BCUT2D eigenvalue weighted by molar-refractivity contribution is 7.89. The molecule has 6 nitrogen and oxygen atoms in total. The molecule has 7 heteroatoms. The maximum absolute atomic E-state index is 12.9. The van der Waals surface area contributed by atoms with Crippen molar-refractivity contribution in [3.8, 4) is 0 Å². The van der Waals surface area contributed by atoms with Crippen LogP contribution in [0.15, 0.2) is 29.2 Å². The van der Waals surface area contributed by atoms with E-state index in [1.807, 2.05) is 12.1 Å². The van der Waals surface area contributed by atoms with Crippen molar-refractivity contribution in [2.24, 2.45) is 0 Å². The molecule has 2 aliphatic rings. The number of unbranched alkanes of at least 4 members (excludes halogenated alkanes) is 2. The number of carbonyl (C=O) groups is 1. The molecule has 0 radical (unpaired) electrons. The summed E-state index contributed by atoms with van der Waals surface area (Å²) in [5, 5.41) is 0. The molecule has 1 atom stereocenters. The van der Waals surface area contributed by atoms with Crippen LogP contribution in [0.1, 0.15) is 44.6 Å². The van der Waals surface area contributed by atoms with Crippen LogP contribution in [0.4, 0.5) is 0 Å². The van der Waals surface area contributed by atoms with Gasteiger partial charge in [-0.15, -0.1) is 0 Å². The molecule has 0 aliphatic carbocycles. The van der Waals surface area contributed by atoms with E-state index in [2.05, 4.69) is 6.92 Å². The molecule has 0 saturated carbocycles. The van der Waals surface area contributed by atoms with Gasteiger partial charge in [-0.25, -0.2) is 8.42 Å². The van der Waals surface area contributed by atoms with Crippen molar-refractivity contribution >= 4 is 15.9 Å². The average Bonchev–Trinajstić information content (AvgIpc) is 3.23. The zero-order chi connectivity index (χ0) is 19.3. The van der Waals surface area contributed by atoms with E-state index < -0.39 is 10.0 Å². The number of piperazine rings is 1. The zero-order valence-electron chi connectivity index (χ0n) is 16.1. The van der Waals surface area contributed by atoms with Crippen molar-refractivity contribution in [1.29, 1.82) is 0 Å². The number of carbonyl (C=O) groups excluding carboxylic acids is 1. The summed E-state index contributed by atoms with van der Waals surface area (Å²) in [5.74, 6) is 0.000908. The van der Waals surface area contributed by atoms with Gasteiger partial charge in [0.1, 0.15) is 6.10 Å². The number of hydrogen-bond donors (Lipinski definition) is 0. The fraction of sp³-hybridized carbons (Fsp3) is 0.650. The third-order valence-electron chi connectivity index (χ3n) is 5.39. The second-order valence-corrected chi connectivity index (χ2v) is 9.27. The lowest BCUT2D eigenvalue weighted by atomic mass is 10.1. The van der Waals surface area contributed by atoms with E-state index in [0.717, 1.165) is 25.7 Å². The number of ether oxygens (including phenoxy) is 1. The van der Waals surface area contributed by atoms with Gasteiger partial charge < -0.3 is 9.64 Å². The summed E-state index contributed by atoms with van der Waals surface area (Å²) in [4.78, 5) is 14.5. The first-order valence-electron chi connectivity index (χ1n) is 10.0. The third kappa shape index (κ3) is 4.89. The van der Waals surface area contributed by atoms with Crippen LogP contribution >= 0.6 is 0 Å². The van der Waals surface area contributed by atoms with Gasteiger partial charge in [0, 0.05) is 32.8 Å². The lowest BCUT2D eigenvalue weighted by Crippen LogP contribution is -2.52. The number of benzene rings is 1. The third-order valence-corrected chi connectivity index (χ3v) is 7.30. The lowest BCUT2D eigenvalue weighted by molar-refractivity contribution is -0.142. The molecule has 2 saturated heterocycles. The molecule has 150 valence electrons. The summed E-state index contributed by atoms with van der Waals surface area (Å²) >= 11 is 0. The zero-order valence-corrected chi connectivity index (χ0v) is 16.9. The molecular formula is C20H30N2O4S. The molecule has 1 aromatic carbocycles. The van der Waals surface area contributed by atoms with Crippen molar-refractivity contribution in [3.05, 3.63) is 29.8 Å². The molecule has 0 aromatic heterocycles. The number of rotatable bonds is 7. The van der Waals surface area contributed by atoms with Crippen LogP contribution in [0.2, 0.25) is 0 Å². The van der Waals surface area contributed by atoms with E-state index in [-0.39, 0.29) is 12.0 Å². The average molecular weight is 395 g/mol. The van der Waals surface area contributed by atoms with Crippen LogP contribution in [0.5, 0.6) is 0 Å². The Balaban J connectivity index is 1.57. The summed E-state index contributed by atoms with van der Waals surface area (Å²) in [6, 6.07) is 7.25. The maximum atomic E-state index is 12.9. The summed E-state index contributed by atoms with van der Waals surface area (Å²) in [6.45, 7) is 4.32. The van der Waals surface area contributed by atoms with Gasteiger partial charge in [0.15, 0.2) is 0 Å². The van der Waals surface area contributed by atoms with Crippen molar-refractivity contribution < 1.29 is 17.9 Å². The minimum atomic E-state index is -3.51. The number of nitrogens with zero attached hydrogens (tertiary/aromatic N) is 2. The van der Waals surface area contributed by atoms with Gasteiger partial charge in [-0.2, -0.15) is 4.31 Å². The van der Waals surface area contributed by atoms with E-state index in [1.54, 1.807) is 17.0 Å². The van der Waals surface area contributed by atoms with Gasteiger partial charge in [0.2, 0.25) is 10.0 Å². The number of sulfonamides is 1. The second kappa shape index (κ2) is 9.17. The Bertz CT molecular complexity index is 719. The lowest BCUT2D eigenvalue weighted by Gasteiger charge is -2.35. The van der Waals surface area contributed by atoms with Crippen molar-refractivity contribution in [3.63, 3.8) is 0 Å². The molecule has 2 aliphatic heterocycles. The first kappa shape index (κ1) is 20.3. The Morgan fingerprint density at radius 1 is 1.11 bits per heavy atom. The minimum Gasteiger partial charge on any atom is -0.368 e. The molecule has 1 aromatic rings. The van der Waals surface area contributed by atoms with E-state index in [0.29, 0.717) is 37.7 Å².